The van der Waals surface area contributed by atoms with Crippen molar-refractivity contribution in [3.8, 4) is 5.75 Å². The zero-order chi connectivity index (χ0) is 12.0. The molecule has 0 unspecified atom stereocenters. The molecule has 0 fully saturated rings. The van der Waals surface area contributed by atoms with Crippen LogP contribution in [0.5, 0.6) is 5.75 Å². The average molecular weight is 244 g/mol. The molecule has 0 heterocycles. The molecule has 16 heavy (non-hydrogen) atoms. The van der Waals surface area contributed by atoms with Crippen LogP contribution in [-0.2, 0) is 14.9 Å². The molecular weight excluding hydrogens is 232 g/mol. The van der Waals surface area contributed by atoms with Gasteiger partial charge in [-0.1, -0.05) is 18.7 Å². The van der Waals surface area contributed by atoms with E-state index in [0.717, 1.165) is 0 Å². The van der Waals surface area contributed by atoms with Crippen LogP contribution in [-0.4, -0.2) is 26.2 Å². The first kappa shape index (κ1) is 12.5. The Morgan fingerprint density at radius 1 is 1.31 bits per heavy atom. The molecule has 0 aliphatic carbocycles. The Labute approximate surface area is 94.1 Å². The predicted octanol–water partition coefficient (Wildman–Crippen LogP) is 1.47. The molecule has 0 aromatic heterocycles. The van der Waals surface area contributed by atoms with Gasteiger partial charge in [0.15, 0.2) is 0 Å². The first-order chi connectivity index (χ1) is 7.55. The molecule has 0 saturated carbocycles. The summed E-state index contributed by atoms with van der Waals surface area (Å²) < 4.78 is 40.8. The van der Waals surface area contributed by atoms with Crippen LogP contribution < -0.4 is 4.74 Å². The summed E-state index contributed by atoms with van der Waals surface area (Å²) in [7, 11) is -4.26. The molecule has 0 aliphatic rings. The van der Waals surface area contributed by atoms with Gasteiger partial charge in [0.1, 0.15) is 23.9 Å². The smallest absolute Gasteiger partial charge is 0.298 e. The van der Waals surface area contributed by atoms with Crippen molar-refractivity contribution in [2.75, 3.05) is 13.2 Å². The van der Waals surface area contributed by atoms with Crippen molar-refractivity contribution in [1.29, 1.82) is 0 Å². The maximum Gasteiger partial charge on any atom is 0.298 e. The minimum atomic E-state index is -4.26. The highest BCUT2D eigenvalue weighted by molar-refractivity contribution is 7.86. The van der Waals surface area contributed by atoms with Crippen molar-refractivity contribution in [2.45, 2.75) is 4.90 Å². The Balaban J connectivity index is 2.76. The lowest BCUT2D eigenvalue weighted by atomic mass is 10.3. The van der Waals surface area contributed by atoms with E-state index in [-0.39, 0.29) is 23.9 Å². The van der Waals surface area contributed by atoms with E-state index in [2.05, 4.69) is 6.58 Å². The first-order valence-corrected chi connectivity index (χ1v) is 5.91. The van der Waals surface area contributed by atoms with E-state index in [1.165, 1.54) is 24.5 Å². The van der Waals surface area contributed by atoms with E-state index in [1.54, 1.807) is 6.07 Å². The van der Waals surface area contributed by atoms with Gasteiger partial charge >= 0.3 is 0 Å². The molecule has 0 aliphatic heterocycles. The van der Waals surface area contributed by atoms with E-state index in [4.69, 9.17) is 14.0 Å². The summed E-state index contributed by atoms with van der Waals surface area (Å²) in [6.07, 6.45) is 1.26. The standard InChI is InChI=1S/C10H12O5S/c1-2-14-7-8-15-9-5-3-4-6-10(9)16(11,12)13/h2-6H,1,7-8H2,(H,11,12,13). The van der Waals surface area contributed by atoms with Gasteiger partial charge in [-0.2, -0.15) is 8.42 Å². The maximum absolute atomic E-state index is 11.0. The Morgan fingerprint density at radius 3 is 2.62 bits per heavy atom. The molecular formula is C10H12O5S. The summed E-state index contributed by atoms with van der Waals surface area (Å²) in [6, 6.07) is 5.82. The number of hydrogen-bond acceptors (Lipinski definition) is 4. The van der Waals surface area contributed by atoms with Gasteiger partial charge in [0.25, 0.3) is 10.1 Å². The topological polar surface area (TPSA) is 72.8 Å². The monoisotopic (exact) mass is 244 g/mol. The molecule has 0 amide bonds. The predicted molar refractivity (Wildman–Crippen MR) is 57.9 cm³/mol. The van der Waals surface area contributed by atoms with Gasteiger partial charge in [0.05, 0.1) is 6.26 Å². The van der Waals surface area contributed by atoms with Crippen LogP contribution in [0.25, 0.3) is 0 Å². The van der Waals surface area contributed by atoms with Crippen LogP contribution in [0.3, 0.4) is 0 Å². The van der Waals surface area contributed by atoms with Crippen LogP contribution in [0.4, 0.5) is 0 Å². The fourth-order valence-electron chi connectivity index (χ4n) is 1.07. The normalized spacial score (nSPS) is 10.8. The molecule has 0 radical (unpaired) electrons. The largest absolute Gasteiger partial charge is 0.498 e. The molecule has 1 N–H and O–H groups in total. The van der Waals surface area contributed by atoms with Crippen molar-refractivity contribution >= 4 is 10.1 Å². The highest BCUT2D eigenvalue weighted by atomic mass is 32.2. The fraction of sp³-hybridized carbons (Fsp3) is 0.200. The Kier molecular flexibility index (Phi) is 4.33. The van der Waals surface area contributed by atoms with Crippen molar-refractivity contribution in [3.63, 3.8) is 0 Å². The molecule has 88 valence electrons. The zero-order valence-electron chi connectivity index (χ0n) is 8.50. The summed E-state index contributed by atoms with van der Waals surface area (Å²) in [4.78, 5) is -0.256. The fourth-order valence-corrected chi connectivity index (χ4v) is 1.70. The van der Waals surface area contributed by atoms with Gasteiger partial charge in [0.2, 0.25) is 0 Å². The average Bonchev–Trinajstić information content (AvgIpc) is 2.24. The molecule has 5 nitrogen and oxygen atoms in total. The highest BCUT2D eigenvalue weighted by Gasteiger charge is 2.15. The van der Waals surface area contributed by atoms with E-state index < -0.39 is 10.1 Å². The summed E-state index contributed by atoms with van der Waals surface area (Å²) in [5.41, 5.74) is 0. The molecule has 6 heteroatoms. The number of ether oxygens (including phenoxy) is 2. The van der Waals surface area contributed by atoms with E-state index in [1.807, 2.05) is 0 Å². The van der Waals surface area contributed by atoms with Gasteiger partial charge in [-0.3, -0.25) is 4.55 Å². The Bertz CT molecular complexity index is 452. The summed E-state index contributed by atoms with van der Waals surface area (Å²) in [6.45, 7) is 3.77. The van der Waals surface area contributed by atoms with Crippen LogP contribution in [0.1, 0.15) is 0 Å². The summed E-state index contributed by atoms with van der Waals surface area (Å²) in [5.74, 6) is 0.0951. The van der Waals surface area contributed by atoms with E-state index >= 15 is 0 Å². The number of rotatable bonds is 6. The third-order valence-electron chi connectivity index (χ3n) is 1.70. The molecule has 1 aromatic carbocycles. The second kappa shape index (κ2) is 5.53. The van der Waals surface area contributed by atoms with Crippen LogP contribution >= 0.6 is 0 Å². The minimum Gasteiger partial charge on any atom is -0.498 e. The van der Waals surface area contributed by atoms with Crippen LogP contribution in [0.15, 0.2) is 42.0 Å². The van der Waals surface area contributed by atoms with Gasteiger partial charge in [-0.05, 0) is 12.1 Å². The van der Waals surface area contributed by atoms with Gasteiger partial charge in [0, 0.05) is 0 Å². The third kappa shape index (κ3) is 3.56. The Morgan fingerprint density at radius 2 is 2.00 bits per heavy atom. The van der Waals surface area contributed by atoms with Crippen molar-refractivity contribution in [2.24, 2.45) is 0 Å². The first-order valence-electron chi connectivity index (χ1n) is 4.47. The summed E-state index contributed by atoms with van der Waals surface area (Å²) in [5, 5.41) is 0. The SMILES string of the molecule is C=COCCOc1ccccc1S(=O)(=O)O. The van der Waals surface area contributed by atoms with Crippen molar-refractivity contribution in [1.82, 2.24) is 0 Å². The molecule has 0 bridgehead atoms. The second-order valence-corrected chi connectivity index (χ2v) is 4.20. The van der Waals surface area contributed by atoms with Gasteiger partial charge < -0.3 is 9.47 Å². The zero-order valence-corrected chi connectivity index (χ0v) is 9.31. The van der Waals surface area contributed by atoms with Crippen LogP contribution in [0, 0.1) is 0 Å². The molecule has 0 spiro atoms. The van der Waals surface area contributed by atoms with Crippen molar-refractivity contribution in [3.05, 3.63) is 37.1 Å². The second-order valence-electron chi connectivity index (χ2n) is 2.81. The summed E-state index contributed by atoms with van der Waals surface area (Å²) >= 11 is 0. The lowest BCUT2D eigenvalue weighted by Gasteiger charge is -2.08. The van der Waals surface area contributed by atoms with Crippen molar-refractivity contribution < 1.29 is 22.4 Å². The lowest BCUT2D eigenvalue weighted by Crippen LogP contribution is -2.07. The quantitative estimate of drug-likeness (QED) is 0.466. The molecule has 0 atom stereocenters. The third-order valence-corrected chi connectivity index (χ3v) is 2.60. The maximum atomic E-state index is 11.0. The number of benzene rings is 1. The van der Waals surface area contributed by atoms with Gasteiger partial charge in [-0.25, -0.2) is 0 Å². The number of hydrogen-bond donors (Lipinski definition) is 1. The molecule has 1 aromatic rings. The minimum absolute atomic E-state index is 0.0951. The van der Waals surface area contributed by atoms with Gasteiger partial charge in [-0.15, -0.1) is 0 Å². The van der Waals surface area contributed by atoms with E-state index in [9.17, 15) is 8.42 Å². The lowest BCUT2D eigenvalue weighted by molar-refractivity contribution is 0.177. The molecule has 0 saturated heterocycles. The Hall–Kier alpha value is -1.53. The number of para-hydroxylation sites is 1. The van der Waals surface area contributed by atoms with E-state index in [0.29, 0.717) is 0 Å². The van der Waals surface area contributed by atoms with Crippen LogP contribution in [0.2, 0.25) is 0 Å². The molecule has 1 rings (SSSR count). The highest BCUT2D eigenvalue weighted by Crippen LogP contribution is 2.22.